The molecule has 0 aliphatic heterocycles. The molecule has 1 aromatic carbocycles. The molecule has 0 aliphatic carbocycles. The van der Waals surface area contributed by atoms with Crippen LogP contribution in [0.5, 0.6) is 5.75 Å². The zero-order valence-corrected chi connectivity index (χ0v) is 11.6. The highest BCUT2D eigenvalue weighted by atomic mass is 19.4. The minimum absolute atomic E-state index is 0.0382. The molecule has 1 aromatic rings. The lowest BCUT2D eigenvalue weighted by Gasteiger charge is -2.22. The third-order valence-electron chi connectivity index (χ3n) is 3.00. The second kappa shape index (κ2) is 7.50. The Labute approximate surface area is 116 Å². The molecule has 0 fully saturated rings. The van der Waals surface area contributed by atoms with Gasteiger partial charge in [-0.3, -0.25) is 0 Å². The Balaban J connectivity index is 2.72. The van der Waals surface area contributed by atoms with Crippen molar-refractivity contribution in [3.63, 3.8) is 0 Å². The SMILES string of the molecule is CC(C)C(CCO)NCc1ccccc1OC(F)(F)F. The van der Waals surface area contributed by atoms with E-state index in [1.54, 1.807) is 12.1 Å². The highest BCUT2D eigenvalue weighted by Gasteiger charge is 2.32. The molecule has 0 heterocycles. The quantitative estimate of drug-likeness (QED) is 0.811. The molecule has 2 N–H and O–H groups in total. The monoisotopic (exact) mass is 291 g/mol. The number of rotatable bonds is 7. The predicted molar refractivity (Wildman–Crippen MR) is 70.3 cm³/mol. The molecule has 0 aliphatic rings. The van der Waals surface area contributed by atoms with Gasteiger partial charge < -0.3 is 15.2 Å². The molecule has 1 rings (SSSR count). The van der Waals surface area contributed by atoms with Crippen LogP contribution >= 0.6 is 0 Å². The van der Waals surface area contributed by atoms with Crippen LogP contribution < -0.4 is 10.1 Å². The van der Waals surface area contributed by atoms with Crippen molar-refractivity contribution in [3.8, 4) is 5.75 Å². The number of aliphatic hydroxyl groups is 1. The number of para-hydroxylation sites is 1. The molecule has 0 aromatic heterocycles. The van der Waals surface area contributed by atoms with E-state index in [0.29, 0.717) is 12.0 Å². The first kappa shape index (κ1) is 16.8. The number of ether oxygens (including phenoxy) is 1. The molecular weight excluding hydrogens is 271 g/mol. The average molecular weight is 291 g/mol. The number of alkyl halides is 3. The summed E-state index contributed by atoms with van der Waals surface area (Å²) in [6.07, 6.45) is -4.14. The summed E-state index contributed by atoms with van der Waals surface area (Å²) >= 11 is 0. The zero-order chi connectivity index (χ0) is 15.2. The molecule has 1 atom stereocenters. The number of hydrogen-bond donors (Lipinski definition) is 2. The topological polar surface area (TPSA) is 41.5 Å². The summed E-state index contributed by atoms with van der Waals surface area (Å²) in [5, 5.41) is 12.1. The molecule has 1 unspecified atom stereocenters. The van der Waals surface area contributed by atoms with Crippen LogP contribution in [0, 0.1) is 5.92 Å². The fraction of sp³-hybridized carbons (Fsp3) is 0.571. The summed E-state index contributed by atoms with van der Waals surface area (Å²) in [6, 6.07) is 6.08. The van der Waals surface area contributed by atoms with Gasteiger partial charge in [0.05, 0.1) is 0 Å². The van der Waals surface area contributed by atoms with Gasteiger partial charge in [-0.05, 0) is 18.4 Å². The first-order chi connectivity index (χ1) is 9.33. The van der Waals surface area contributed by atoms with Gasteiger partial charge >= 0.3 is 6.36 Å². The van der Waals surface area contributed by atoms with Gasteiger partial charge in [0.1, 0.15) is 5.75 Å². The van der Waals surface area contributed by atoms with Gasteiger partial charge in [-0.25, -0.2) is 0 Å². The normalized spacial score (nSPS) is 13.6. The molecule has 0 spiro atoms. The van der Waals surface area contributed by atoms with Gasteiger partial charge in [-0.2, -0.15) is 0 Å². The fourth-order valence-corrected chi connectivity index (χ4v) is 1.93. The molecule has 0 saturated carbocycles. The number of aliphatic hydroxyl groups excluding tert-OH is 1. The Hall–Kier alpha value is -1.27. The second-order valence-corrected chi connectivity index (χ2v) is 4.90. The van der Waals surface area contributed by atoms with E-state index in [9.17, 15) is 13.2 Å². The fourth-order valence-electron chi connectivity index (χ4n) is 1.93. The maximum atomic E-state index is 12.3. The van der Waals surface area contributed by atoms with E-state index in [0.717, 1.165) is 0 Å². The van der Waals surface area contributed by atoms with Crippen LogP contribution in [0.3, 0.4) is 0 Å². The zero-order valence-electron chi connectivity index (χ0n) is 11.6. The van der Waals surface area contributed by atoms with Crippen molar-refractivity contribution in [1.82, 2.24) is 5.32 Å². The van der Waals surface area contributed by atoms with Crippen LogP contribution in [0.15, 0.2) is 24.3 Å². The van der Waals surface area contributed by atoms with E-state index < -0.39 is 6.36 Å². The summed E-state index contributed by atoms with van der Waals surface area (Å²) in [7, 11) is 0. The maximum Gasteiger partial charge on any atom is 0.573 e. The van der Waals surface area contributed by atoms with Crippen molar-refractivity contribution in [2.45, 2.75) is 39.2 Å². The van der Waals surface area contributed by atoms with E-state index in [1.165, 1.54) is 12.1 Å². The van der Waals surface area contributed by atoms with Gasteiger partial charge in [-0.15, -0.1) is 13.2 Å². The summed E-state index contributed by atoms with van der Waals surface area (Å²) in [5.74, 6) is 0.0804. The van der Waals surface area contributed by atoms with E-state index >= 15 is 0 Å². The highest BCUT2D eigenvalue weighted by molar-refractivity contribution is 5.33. The minimum atomic E-state index is -4.70. The molecule has 20 heavy (non-hydrogen) atoms. The average Bonchev–Trinajstić information content (AvgIpc) is 2.34. The van der Waals surface area contributed by atoms with E-state index in [4.69, 9.17) is 5.11 Å². The van der Waals surface area contributed by atoms with Crippen LogP contribution in [-0.2, 0) is 6.54 Å². The van der Waals surface area contributed by atoms with Crippen LogP contribution in [-0.4, -0.2) is 24.1 Å². The molecule has 0 amide bonds. The van der Waals surface area contributed by atoms with Gasteiger partial charge in [0.15, 0.2) is 0 Å². The molecule has 6 heteroatoms. The smallest absolute Gasteiger partial charge is 0.405 e. The van der Waals surface area contributed by atoms with Crippen molar-refractivity contribution >= 4 is 0 Å². The van der Waals surface area contributed by atoms with E-state index in [2.05, 4.69) is 10.1 Å². The summed E-state index contributed by atoms with van der Waals surface area (Å²) in [6.45, 7) is 4.28. The van der Waals surface area contributed by atoms with Crippen LogP contribution in [0.1, 0.15) is 25.8 Å². The third kappa shape index (κ3) is 5.79. The molecule has 0 radical (unpaired) electrons. The van der Waals surface area contributed by atoms with E-state index in [-0.39, 0.29) is 30.9 Å². The lowest BCUT2D eigenvalue weighted by Crippen LogP contribution is -2.34. The standard InChI is InChI=1S/C14H20F3NO2/c1-10(2)12(7-8-19)18-9-11-5-3-4-6-13(11)20-14(15,16)17/h3-6,10,12,18-19H,7-9H2,1-2H3. The summed E-state index contributed by atoms with van der Waals surface area (Å²) in [4.78, 5) is 0. The second-order valence-electron chi connectivity index (χ2n) is 4.90. The third-order valence-corrected chi connectivity index (χ3v) is 3.00. The number of nitrogens with one attached hydrogen (secondary N) is 1. The first-order valence-electron chi connectivity index (χ1n) is 6.51. The van der Waals surface area contributed by atoms with Crippen molar-refractivity contribution in [2.75, 3.05) is 6.61 Å². The number of benzene rings is 1. The van der Waals surface area contributed by atoms with Crippen molar-refractivity contribution < 1.29 is 23.0 Å². The van der Waals surface area contributed by atoms with Crippen molar-refractivity contribution in [3.05, 3.63) is 29.8 Å². The first-order valence-corrected chi connectivity index (χ1v) is 6.51. The minimum Gasteiger partial charge on any atom is -0.405 e. The highest BCUT2D eigenvalue weighted by Crippen LogP contribution is 2.26. The Bertz CT molecular complexity index is 408. The molecule has 3 nitrogen and oxygen atoms in total. The van der Waals surface area contributed by atoms with Gasteiger partial charge in [-0.1, -0.05) is 32.0 Å². The summed E-state index contributed by atoms with van der Waals surface area (Å²) in [5.41, 5.74) is 0.438. The lowest BCUT2D eigenvalue weighted by atomic mass is 10.0. The van der Waals surface area contributed by atoms with Gasteiger partial charge in [0.2, 0.25) is 0 Å². The van der Waals surface area contributed by atoms with Crippen LogP contribution in [0.25, 0.3) is 0 Å². The molecule has 0 saturated heterocycles. The van der Waals surface area contributed by atoms with Crippen LogP contribution in [0.2, 0.25) is 0 Å². The molecular formula is C14H20F3NO2. The van der Waals surface area contributed by atoms with E-state index in [1.807, 2.05) is 13.8 Å². The predicted octanol–water partition coefficient (Wildman–Crippen LogP) is 3.08. The Morgan fingerprint density at radius 2 is 1.90 bits per heavy atom. The van der Waals surface area contributed by atoms with Crippen molar-refractivity contribution in [2.24, 2.45) is 5.92 Å². The molecule has 114 valence electrons. The largest absolute Gasteiger partial charge is 0.573 e. The summed E-state index contributed by atoms with van der Waals surface area (Å²) < 4.78 is 40.9. The Kier molecular flexibility index (Phi) is 6.29. The van der Waals surface area contributed by atoms with Gasteiger partial charge in [0, 0.05) is 24.8 Å². The lowest BCUT2D eigenvalue weighted by molar-refractivity contribution is -0.274. The number of halogens is 3. The number of hydrogen-bond acceptors (Lipinski definition) is 3. The maximum absolute atomic E-state index is 12.3. The van der Waals surface area contributed by atoms with Crippen LogP contribution in [0.4, 0.5) is 13.2 Å². The van der Waals surface area contributed by atoms with Gasteiger partial charge in [0.25, 0.3) is 0 Å². The molecule has 0 bridgehead atoms. The Morgan fingerprint density at radius 3 is 2.45 bits per heavy atom. The Morgan fingerprint density at radius 1 is 1.25 bits per heavy atom. The van der Waals surface area contributed by atoms with Crippen molar-refractivity contribution in [1.29, 1.82) is 0 Å².